The first-order chi connectivity index (χ1) is 14.1. The Bertz CT molecular complexity index is 528. The lowest BCUT2D eigenvalue weighted by atomic mass is 10.0. The molecular weight excluding hydrogens is 392 g/mol. The normalized spacial score (nSPS) is 11.7. The van der Waals surface area contributed by atoms with E-state index in [0.717, 1.165) is 13.0 Å². The molecule has 0 atom stereocenters. The van der Waals surface area contributed by atoms with Gasteiger partial charge in [0.2, 0.25) is 0 Å². The van der Waals surface area contributed by atoms with Gasteiger partial charge in [-0.05, 0) is 43.1 Å². The maximum Gasteiger partial charge on any atom is 0.156 e. The molecule has 0 aliphatic carbocycles. The molecule has 1 aromatic heterocycles. The molecule has 0 bridgehead atoms. The van der Waals surface area contributed by atoms with Gasteiger partial charge in [0.1, 0.15) is 8.07 Å². The molecule has 0 radical (unpaired) electrons. The molecular formula is C25H46O2SSi. The van der Waals surface area contributed by atoms with Crippen LogP contribution in [0.25, 0.3) is 0 Å². The van der Waals surface area contributed by atoms with E-state index in [2.05, 4.69) is 26.8 Å². The maximum absolute atomic E-state index is 6.03. The van der Waals surface area contributed by atoms with Gasteiger partial charge in [-0.1, -0.05) is 96.7 Å². The summed E-state index contributed by atoms with van der Waals surface area (Å²) in [7, 11) is -1.34. The van der Waals surface area contributed by atoms with Crippen LogP contribution in [0.15, 0.2) is 16.7 Å². The van der Waals surface area contributed by atoms with Gasteiger partial charge in [0.05, 0.1) is 18.3 Å². The summed E-state index contributed by atoms with van der Waals surface area (Å²) in [5, 5.41) is 2.02. The van der Waals surface area contributed by atoms with E-state index in [-0.39, 0.29) is 0 Å². The Morgan fingerprint density at radius 3 is 1.79 bits per heavy atom. The Labute approximate surface area is 187 Å². The number of thiocarbonyl (C=S) groups is 1. The molecule has 0 aromatic carbocycles. The summed E-state index contributed by atoms with van der Waals surface area (Å²) in [6.07, 6.45) is 18.0. The van der Waals surface area contributed by atoms with Crippen LogP contribution in [0, 0.1) is 0 Å². The van der Waals surface area contributed by atoms with Crippen LogP contribution in [0.5, 0.6) is 0 Å². The molecule has 0 amide bonds. The third-order valence-electron chi connectivity index (χ3n) is 6.62. The van der Waals surface area contributed by atoms with E-state index in [1.165, 1.54) is 99.7 Å². The van der Waals surface area contributed by atoms with Crippen LogP contribution in [0.3, 0.4) is 0 Å². The fraction of sp³-hybridized carbons (Fsp3) is 0.800. The minimum absolute atomic E-state index is 0.674. The number of aryl methyl sites for hydroxylation is 1. The van der Waals surface area contributed by atoms with Crippen LogP contribution < -0.4 is 5.38 Å². The molecule has 2 nitrogen and oxygen atoms in total. The Hall–Kier alpha value is -0.613. The van der Waals surface area contributed by atoms with E-state index in [0.29, 0.717) is 5.05 Å². The molecule has 0 saturated heterocycles. The van der Waals surface area contributed by atoms with Crippen LogP contribution in [0.1, 0.15) is 104 Å². The number of rotatable bonds is 18. The number of hydrogen-bond acceptors (Lipinski definition) is 3. The zero-order valence-corrected chi connectivity index (χ0v) is 21.5. The predicted octanol–water partition coefficient (Wildman–Crippen LogP) is 8.19. The third-order valence-corrected chi connectivity index (χ3v) is 12.1. The van der Waals surface area contributed by atoms with Crippen LogP contribution in [-0.4, -0.2) is 19.7 Å². The molecule has 1 heterocycles. The zero-order chi connectivity index (χ0) is 21.4. The van der Waals surface area contributed by atoms with E-state index in [4.69, 9.17) is 21.4 Å². The van der Waals surface area contributed by atoms with Crippen molar-refractivity contribution in [2.75, 3.05) is 6.61 Å². The largest absolute Gasteiger partial charge is 0.487 e. The number of unbranched alkanes of at least 4 members (excludes halogenated alkanes) is 10. The van der Waals surface area contributed by atoms with Gasteiger partial charge in [0.15, 0.2) is 5.05 Å². The Balaban J connectivity index is 1.98. The van der Waals surface area contributed by atoms with Gasteiger partial charge in [0, 0.05) is 6.92 Å². The molecule has 0 spiro atoms. The van der Waals surface area contributed by atoms with Crippen molar-refractivity contribution in [3.8, 4) is 0 Å². The molecule has 0 saturated carbocycles. The molecule has 1 aromatic rings. The number of hydrogen-bond donors (Lipinski definition) is 0. The fourth-order valence-electron chi connectivity index (χ4n) is 4.30. The van der Waals surface area contributed by atoms with Crippen molar-refractivity contribution in [1.29, 1.82) is 0 Å². The van der Waals surface area contributed by atoms with E-state index >= 15 is 0 Å². The van der Waals surface area contributed by atoms with Crippen molar-refractivity contribution in [1.82, 2.24) is 0 Å². The lowest BCUT2D eigenvalue weighted by Crippen LogP contribution is -2.44. The molecule has 0 aliphatic rings. The van der Waals surface area contributed by atoms with Crippen molar-refractivity contribution in [2.45, 2.75) is 123 Å². The summed E-state index contributed by atoms with van der Waals surface area (Å²) in [6.45, 7) is 9.69. The highest BCUT2D eigenvalue weighted by molar-refractivity contribution is 7.80. The minimum Gasteiger partial charge on any atom is -0.487 e. The average Bonchev–Trinajstić information content (AvgIpc) is 3.19. The minimum atomic E-state index is -1.34. The standard InChI is InChI=1S/C25H46O2SSi/c1-5-29(6-2,7-3)25-21-24(22-27-25)19-17-15-13-11-9-8-10-12-14-16-18-20-26-23(4)28/h21-22H,5-20H2,1-4H3. The molecule has 0 N–H and O–H groups in total. The van der Waals surface area contributed by atoms with E-state index in [1.54, 1.807) is 0 Å². The van der Waals surface area contributed by atoms with Gasteiger partial charge in [-0.2, -0.15) is 0 Å². The number of ether oxygens (including phenoxy) is 1. The lowest BCUT2D eigenvalue weighted by molar-refractivity contribution is 0.297. The summed E-state index contributed by atoms with van der Waals surface area (Å²) < 4.78 is 11.3. The molecule has 168 valence electrons. The topological polar surface area (TPSA) is 22.4 Å². The van der Waals surface area contributed by atoms with Crippen LogP contribution >= 0.6 is 12.2 Å². The second-order valence-corrected chi connectivity index (χ2v) is 14.4. The first-order valence-electron chi connectivity index (χ1n) is 12.3. The summed E-state index contributed by atoms with van der Waals surface area (Å²) in [5.41, 5.74) is 1.43. The van der Waals surface area contributed by atoms with E-state index in [9.17, 15) is 0 Å². The van der Waals surface area contributed by atoms with Gasteiger partial charge in [0.25, 0.3) is 0 Å². The summed E-state index contributed by atoms with van der Waals surface area (Å²) in [4.78, 5) is 0. The van der Waals surface area contributed by atoms with Gasteiger partial charge in [-0.3, -0.25) is 0 Å². The third kappa shape index (κ3) is 10.8. The van der Waals surface area contributed by atoms with Gasteiger partial charge in [-0.25, -0.2) is 0 Å². The molecule has 0 unspecified atom stereocenters. The quantitative estimate of drug-likeness (QED) is 0.131. The van der Waals surface area contributed by atoms with Crippen molar-refractivity contribution in [3.05, 3.63) is 17.9 Å². The highest BCUT2D eigenvalue weighted by Crippen LogP contribution is 2.22. The van der Waals surface area contributed by atoms with Crippen LogP contribution in [0.4, 0.5) is 0 Å². The van der Waals surface area contributed by atoms with Crippen molar-refractivity contribution >= 4 is 30.7 Å². The highest BCUT2D eigenvalue weighted by atomic mass is 32.1. The summed E-state index contributed by atoms with van der Waals surface area (Å²) in [6, 6.07) is 6.30. The first kappa shape index (κ1) is 26.4. The first-order valence-corrected chi connectivity index (χ1v) is 15.3. The summed E-state index contributed by atoms with van der Waals surface area (Å²) in [5.74, 6) is 0. The summed E-state index contributed by atoms with van der Waals surface area (Å²) >= 11 is 4.91. The Kier molecular flexibility index (Phi) is 14.7. The van der Waals surface area contributed by atoms with Gasteiger partial charge in [-0.15, -0.1) is 0 Å². The fourth-order valence-corrected chi connectivity index (χ4v) is 7.72. The van der Waals surface area contributed by atoms with Crippen LogP contribution in [0.2, 0.25) is 18.1 Å². The second-order valence-electron chi connectivity index (χ2n) is 8.64. The van der Waals surface area contributed by atoms with Gasteiger partial charge >= 0.3 is 0 Å². The molecule has 4 heteroatoms. The Morgan fingerprint density at radius 1 is 0.828 bits per heavy atom. The molecule has 0 aliphatic heterocycles. The molecule has 29 heavy (non-hydrogen) atoms. The van der Waals surface area contributed by atoms with Crippen molar-refractivity contribution < 1.29 is 9.15 Å². The van der Waals surface area contributed by atoms with E-state index in [1.807, 2.05) is 13.2 Å². The maximum atomic E-state index is 6.03. The SMILES string of the molecule is CC[Si](CC)(CC)c1cc(CCCCCCCCCCCCCOC(C)=S)co1. The van der Waals surface area contributed by atoms with Gasteiger partial charge < -0.3 is 9.15 Å². The second kappa shape index (κ2) is 16.1. The Morgan fingerprint density at radius 2 is 1.31 bits per heavy atom. The average molecular weight is 439 g/mol. The highest BCUT2D eigenvalue weighted by Gasteiger charge is 2.32. The predicted molar refractivity (Wildman–Crippen MR) is 134 cm³/mol. The molecule has 1 rings (SSSR count). The monoisotopic (exact) mass is 438 g/mol. The zero-order valence-electron chi connectivity index (χ0n) is 19.7. The lowest BCUT2D eigenvalue weighted by Gasteiger charge is -2.24. The van der Waals surface area contributed by atoms with E-state index < -0.39 is 8.07 Å². The van der Waals surface area contributed by atoms with Crippen LogP contribution in [-0.2, 0) is 11.2 Å². The smallest absolute Gasteiger partial charge is 0.156 e. The molecule has 0 fully saturated rings. The number of furan rings is 1. The van der Waals surface area contributed by atoms with Crippen molar-refractivity contribution in [2.24, 2.45) is 0 Å². The van der Waals surface area contributed by atoms with Crippen molar-refractivity contribution in [3.63, 3.8) is 0 Å².